The van der Waals surface area contributed by atoms with Gasteiger partial charge in [0, 0.05) is 28.9 Å². The standard InChI is InChI=1S/C22H24FN5O/c1-22(2,3)21(29)26-19-16(14-8-9-14)12-24-20(25-19)18-10-11-28(27-18)13-15-6-4-5-7-17(15)23/h4-7,10-12,14H,8-9,13H2,1-3H3,(H,24,25,26,29). The van der Waals surface area contributed by atoms with Crippen molar-refractivity contribution >= 4 is 11.7 Å². The summed E-state index contributed by atoms with van der Waals surface area (Å²) in [7, 11) is 0. The van der Waals surface area contributed by atoms with Gasteiger partial charge in [-0.1, -0.05) is 39.0 Å². The van der Waals surface area contributed by atoms with Crippen molar-refractivity contribution < 1.29 is 9.18 Å². The summed E-state index contributed by atoms with van der Waals surface area (Å²) in [5.41, 5.74) is 1.59. The van der Waals surface area contributed by atoms with Gasteiger partial charge in [-0.3, -0.25) is 9.48 Å². The van der Waals surface area contributed by atoms with E-state index < -0.39 is 5.41 Å². The summed E-state index contributed by atoms with van der Waals surface area (Å²) in [5.74, 6) is 1.04. The Kier molecular flexibility index (Phi) is 4.90. The Balaban J connectivity index is 1.60. The third-order valence-corrected chi connectivity index (χ3v) is 4.91. The maximum atomic E-state index is 13.9. The lowest BCUT2D eigenvalue weighted by Crippen LogP contribution is -2.28. The molecule has 0 saturated heterocycles. The number of benzene rings is 1. The van der Waals surface area contributed by atoms with Gasteiger partial charge in [-0.25, -0.2) is 14.4 Å². The third kappa shape index (κ3) is 4.34. The van der Waals surface area contributed by atoms with Crippen LogP contribution in [0.5, 0.6) is 0 Å². The van der Waals surface area contributed by atoms with Crippen LogP contribution in [0.3, 0.4) is 0 Å². The fraction of sp³-hybridized carbons (Fsp3) is 0.364. The predicted octanol–water partition coefficient (Wildman–Crippen LogP) is 4.39. The van der Waals surface area contributed by atoms with Gasteiger partial charge in [0.05, 0.1) is 6.54 Å². The monoisotopic (exact) mass is 393 g/mol. The minimum atomic E-state index is -0.521. The number of rotatable bonds is 5. The maximum Gasteiger partial charge on any atom is 0.230 e. The summed E-state index contributed by atoms with van der Waals surface area (Å²) in [5, 5.41) is 7.45. The molecular formula is C22H24FN5O. The Morgan fingerprint density at radius 3 is 2.69 bits per heavy atom. The molecule has 0 aliphatic heterocycles. The fourth-order valence-electron chi connectivity index (χ4n) is 2.97. The Morgan fingerprint density at radius 2 is 2.00 bits per heavy atom. The normalized spacial score (nSPS) is 14.1. The van der Waals surface area contributed by atoms with Crippen LogP contribution in [0.1, 0.15) is 50.7 Å². The Hall–Kier alpha value is -3.09. The van der Waals surface area contributed by atoms with E-state index in [2.05, 4.69) is 20.4 Å². The molecule has 3 aromatic rings. The van der Waals surface area contributed by atoms with Gasteiger partial charge in [0.2, 0.25) is 5.91 Å². The van der Waals surface area contributed by atoms with Gasteiger partial charge in [-0.2, -0.15) is 5.10 Å². The number of carbonyl (C=O) groups is 1. The van der Waals surface area contributed by atoms with Crippen molar-refractivity contribution in [3.8, 4) is 11.5 Å². The average Bonchev–Trinajstić information content (AvgIpc) is 3.41. The first kappa shape index (κ1) is 19.2. The lowest BCUT2D eigenvalue weighted by molar-refractivity contribution is -0.123. The number of halogens is 1. The van der Waals surface area contributed by atoms with Crippen LogP contribution in [0.4, 0.5) is 10.2 Å². The zero-order valence-corrected chi connectivity index (χ0v) is 16.8. The van der Waals surface area contributed by atoms with Crippen molar-refractivity contribution in [2.45, 2.75) is 46.1 Å². The second-order valence-corrected chi connectivity index (χ2v) is 8.47. The summed E-state index contributed by atoms with van der Waals surface area (Å²) >= 11 is 0. The quantitative estimate of drug-likeness (QED) is 0.698. The minimum Gasteiger partial charge on any atom is -0.310 e. The molecule has 2 heterocycles. The molecule has 4 rings (SSSR count). The molecule has 0 bridgehead atoms. The van der Waals surface area contributed by atoms with E-state index in [0.29, 0.717) is 35.4 Å². The SMILES string of the molecule is CC(C)(C)C(=O)Nc1nc(-c2ccn(Cc3ccccc3F)n2)ncc1C1CC1. The van der Waals surface area contributed by atoms with Crippen LogP contribution in [0.2, 0.25) is 0 Å². The van der Waals surface area contributed by atoms with Crippen molar-refractivity contribution in [1.29, 1.82) is 0 Å². The third-order valence-electron chi connectivity index (χ3n) is 4.91. The number of nitrogens with one attached hydrogen (secondary N) is 1. The first-order chi connectivity index (χ1) is 13.8. The number of nitrogens with zero attached hydrogens (tertiary/aromatic N) is 4. The van der Waals surface area contributed by atoms with E-state index in [4.69, 9.17) is 0 Å². The highest BCUT2D eigenvalue weighted by molar-refractivity contribution is 5.94. The Labute approximate surface area is 169 Å². The van der Waals surface area contributed by atoms with E-state index in [1.807, 2.05) is 20.8 Å². The number of amides is 1. The highest BCUT2D eigenvalue weighted by Crippen LogP contribution is 2.43. The van der Waals surface area contributed by atoms with Gasteiger partial charge in [-0.15, -0.1) is 0 Å². The van der Waals surface area contributed by atoms with Crippen molar-refractivity contribution in [3.05, 3.63) is 59.7 Å². The fourth-order valence-corrected chi connectivity index (χ4v) is 2.97. The summed E-state index contributed by atoms with van der Waals surface area (Å²) in [4.78, 5) is 21.6. The van der Waals surface area contributed by atoms with Crippen molar-refractivity contribution in [2.75, 3.05) is 5.32 Å². The molecule has 7 heteroatoms. The molecule has 1 aliphatic rings. The summed E-state index contributed by atoms with van der Waals surface area (Å²) < 4.78 is 15.5. The van der Waals surface area contributed by atoms with Gasteiger partial charge in [0.15, 0.2) is 5.82 Å². The van der Waals surface area contributed by atoms with Crippen LogP contribution in [0.15, 0.2) is 42.7 Å². The second kappa shape index (κ2) is 7.39. The van der Waals surface area contributed by atoms with Gasteiger partial charge < -0.3 is 5.32 Å². The zero-order chi connectivity index (χ0) is 20.6. The van der Waals surface area contributed by atoms with Crippen LogP contribution in [0.25, 0.3) is 11.5 Å². The summed E-state index contributed by atoms with van der Waals surface area (Å²) in [6, 6.07) is 8.42. The van der Waals surface area contributed by atoms with Crippen molar-refractivity contribution in [3.63, 3.8) is 0 Å². The van der Waals surface area contributed by atoms with Crippen LogP contribution in [-0.4, -0.2) is 25.7 Å². The van der Waals surface area contributed by atoms with E-state index in [1.165, 1.54) is 6.07 Å². The predicted molar refractivity (Wildman–Crippen MR) is 109 cm³/mol. The average molecular weight is 393 g/mol. The second-order valence-electron chi connectivity index (χ2n) is 8.47. The molecule has 0 radical (unpaired) electrons. The van der Waals surface area contributed by atoms with Crippen LogP contribution in [0, 0.1) is 11.2 Å². The van der Waals surface area contributed by atoms with Crippen LogP contribution in [-0.2, 0) is 11.3 Å². The molecule has 0 unspecified atom stereocenters. The number of aromatic nitrogens is 4. The van der Waals surface area contributed by atoms with E-state index >= 15 is 0 Å². The summed E-state index contributed by atoms with van der Waals surface area (Å²) in [6.07, 6.45) is 5.72. The van der Waals surface area contributed by atoms with Gasteiger partial charge in [0.1, 0.15) is 17.3 Å². The number of hydrogen-bond donors (Lipinski definition) is 1. The molecule has 1 amide bonds. The first-order valence-electron chi connectivity index (χ1n) is 9.77. The molecule has 0 atom stereocenters. The molecule has 1 aromatic carbocycles. The zero-order valence-electron chi connectivity index (χ0n) is 16.8. The minimum absolute atomic E-state index is 0.0888. The van der Waals surface area contributed by atoms with Crippen molar-refractivity contribution in [2.24, 2.45) is 5.41 Å². The molecule has 29 heavy (non-hydrogen) atoms. The van der Waals surface area contributed by atoms with E-state index in [9.17, 15) is 9.18 Å². The van der Waals surface area contributed by atoms with E-state index in [0.717, 1.165) is 18.4 Å². The van der Waals surface area contributed by atoms with Gasteiger partial charge in [-0.05, 0) is 30.9 Å². The lowest BCUT2D eigenvalue weighted by Gasteiger charge is -2.18. The molecule has 1 N–H and O–H groups in total. The molecule has 6 nitrogen and oxygen atoms in total. The van der Waals surface area contributed by atoms with Gasteiger partial charge in [0.25, 0.3) is 0 Å². The van der Waals surface area contributed by atoms with Crippen LogP contribution < -0.4 is 5.32 Å². The van der Waals surface area contributed by atoms with E-state index in [-0.39, 0.29) is 11.7 Å². The number of anilines is 1. The molecular weight excluding hydrogens is 369 g/mol. The molecule has 1 fully saturated rings. The first-order valence-corrected chi connectivity index (χ1v) is 9.77. The Morgan fingerprint density at radius 1 is 1.24 bits per heavy atom. The smallest absolute Gasteiger partial charge is 0.230 e. The molecule has 0 spiro atoms. The largest absolute Gasteiger partial charge is 0.310 e. The lowest BCUT2D eigenvalue weighted by atomic mass is 9.95. The summed E-state index contributed by atoms with van der Waals surface area (Å²) in [6.45, 7) is 5.92. The highest BCUT2D eigenvalue weighted by Gasteiger charge is 2.30. The van der Waals surface area contributed by atoms with Gasteiger partial charge >= 0.3 is 0 Å². The van der Waals surface area contributed by atoms with E-state index in [1.54, 1.807) is 41.3 Å². The topological polar surface area (TPSA) is 72.7 Å². The maximum absolute atomic E-state index is 13.9. The molecule has 1 saturated carbocycles. The molecule has 1 aliphatic carbocycles. The number of hydrogen-bond acceptors (Lipinski definition) is 4. The molecule has 2 aromatic heterocycles. The molecule has 150 valence electrons. The number of carbonyl (C=O) groups excluding carboxylic acids is 1. The highest BCUT2D eigenvalue weighted by atomic mass is 19.1. The Bertz CT molecular complexity index is 1050. The van der Waals surface area contributed by atoms with Crippen LogP contribution >= 0.6 is 0 Å². The van der Waals surface area contributed by atoms with Crippen molar-refractivity contribution in [1.82, 2.24) is 19.7 Å².